The number of halogens is 3. The Morgan fingerprint density at radius 2 is 1.88 bits per heavy atom. The van der Waals surface area contributed by atoms with E-state index in [1.807, 2.05) is 6.07 Å². The van der Waals surface area contributed by atoms with Crippen molar-refractivity contribution in [3.8, 4) is 0 Å². The Hall–Kier alpha value is 0.130. The minimum Gasteiger partial charge on any atom is -0.324 e. The Balaban J connectivity index is 0.00000144. The smallest absolute Gasteiger partial charge is 0.128 e. The number of hydrogen-bond donors (Lipinski definition) is 1. The lowest BCUT2D eigenvalue weighted by molar-refractivity contribution is 0.303. The van der Waals surface area contributed by atoms with E-state index in [0.717, 1.165) is 16.4 Å². The summed E-state index contributed by atoms with van der Waals surface area (Å²) in [5.74, 6) is 0.305. The van der Waals surface area contributed by atoms with Crippen LogP contribution in [0.25, 0.3) is 0 Å². The van der Waals surface area contributed by atoms with Gasteiger partial charge in [-0.3, -0.25) is 0 Å². The summed E-state index contributed by atoms with van der Waals surface area (Å²) in [4.78, 5) is 0. The SMILES string of the molecule is Cl.N[C@@H](c1cc(I)ccc1F)C1CCCCC1. The Kier molecular flexibility index (Phi) is 6.17. The van der Waals surface area contributed by atoms with Gasteiger partial charge >= 0.3 is 0 Å². The molecule has 0 saturated heterocycles. The molecule has 1 saturated carbocycles. The van der Waals surface area contributed by atoms with Gasteiger partial charge in [-0.15, -0.1) is 12.4 Å². The second-order valence-corrected chi connectivity index (χ2v) is 5.84. The van der Waals surface area contributed by atoms with Crippen molar-refractivity contribution >= 4 is 35.0 Å². The van der Waals surface area contributed by atoms with Gasteiger partial charge < -0.3 is 5.73 Å². The molecule has 0 heterocycles. The zero-order chi connectivity index (χ0) is 11.5. The molecule has 1 aromatic carbocycles. The van der Waals surface area contributed by atoms with Gasteiger partial charge in [0.15, 0.2) is 0 Å². The first-order chi connectivity index (χ1) is 7.68. The average Bonchev–Trinajstić information content (AvgIpc) is 2.32. The molecule has 2 N–H and O–H groups in total. The second-order valence-electron chi connectivity index (χ2n) is 4.59. The van der Waals surface area contributed by atoms with E-state index in [2.05, 4.69) is 22.6 Å². The summed E-state index contributed by atoms with van der Waals surface area (Å²) in [6, 6.07) is 5.07. The number of hydrogen-bond acceptors (Lipinski definition) is 1. The molecule has 0 aliphatic heterocycles. The molecule has 1 aromatic rings. The number of nitrogens with two attached hydrogens (primary N) is 1. The summed E-state index contributed by atoms with van der Waals surface area (Å²) in [5.41, 5.74) is 6.89. The summed E-state index contributed by atoms with van der Waals surface area (Å²) in [7, 11) is 0. The monoisotopic (exact) mass is 369 g/mol. The van der Waals surface area contributed by atoms with Gasteiger partial charge in [-0.05, 0) is 59.5 Å². The maximum atomic E-state index is 13.7. The number of benzene rings is 1. The molecule has 0 spiro atoms. The van der Waals surface area contributed by atoms with E-state index in [-0.39, 0.29) is 24.3 Å². The highest BCUT2D eigenvalue weighted by molar-refractivity contribution is 14.1. The molecule has 0 bridgehead atoms. The molecule has 1 atom stereocenters. The van der Waals surface area contributed by atoms with Gasteiger partial charge in [-0.2, -0.15) is 0 Å². The first-order valence-corrected chi connectivity index (χ1v) is 6.97. The maximum absolute atomic E-state index is 13.7. The maximum Gasteiger partial charge on any atom is 0.128 e. The van der Waals surface area contributed by atoms with Crippen LogP contribution in [-0.4, -0.2) is 0 Å². The van der Waals surface area contributed by atoms with Crippen molar-refractivity contribution in [2.24, 2.45) is 11.7 Å². The van der Waals surface area contributed by atoms with E-state index in [1.165, 1.54) is 25.3 Å². The van der Waals surface area contributed by atoms with E-state index >= 15 is 0 Å². The van der Waals surface area contributed by atoms with Crippen LogP contribution >= 0.6 is 35.0 Å². The van der Waals surface area contributed by atoms with Crippen molar-refractivity contribution in [1.82, 2.24) is 0 Å². The molecular weight excluding hydrogens is 352 g/mol. The molecule has 96 valence electrons. The molecule has 17 heavy (non-hydrogen) atoms. The summed E-state index contributed by atoms with van der Waals surface area (Å²) in [5, 5.41) is 0. The molecular formula is C13H18ClFIN. The molecule has 1 aliphatic rings. The Bertz CT molecular complexity index is 366. The van der Waals surface area contributed by atoms with Crippen LogP contribution in [0.3, 0.4) is 0 Å². The fourth-order valence-electron chi connectivity index (χ4n) is 2.52. The highest BCUT2D eigenvalue weighted by Gasteiger charge is 2.23. The topological polar surface area (TPSA) is 26.0 Å². The van der Waals surface area contributed by atoms with E-state index in [0.29, 0.717) is 11.5 Å². The Morgan fingerprint density at radius 3 is 2.53 bits per heavy atom. The predicted molar refractivity (Wildman–Crippen MR) is 79.9 cm³/mol. The molecule has 4 heteroatoms. The fourth-order valence-corrected chi connectivity index (χ4v) is 3.03. The summed E-state index contributed by atoms with van der Waals surface area (Å²) < 4.78 is 14.7. The van der Waals surface area contributed by atoms with Crippen molar-refractivity contribution in [2.75, 3.05) is 0 Å². The van der Waals surface area contributed by atoms with Gasteiger partial charge in [0.25, 0.3) is 0 Å². The largest absolute Gasteiger partial charge is 0.324 e. The third-order valence-corrected chi connectivity index (χ3v) is 4.15. The van der Waals surface area contributed by atoms with Crippen molar-refractivity contribution in [3.05, 3.63) is 33.1 Å². The van der Waals surface area contributed by atoms with Crippen LogP contribution in [0.5, 0.6) is 0 Å². The molecule has 1 aliphatic carbocycles. The standard InChI is InChI=1S/C13H17FIN.ClH/c14-12-7-6-10(15)8-11(12)13(16)9-4-2-1-3-5-9;/h6-9,13H,1-5,16H2;1H/t13-;/m1./s1. The highest BCUT2D eigenvalue weighted by atomic mass is 127. The van der Waals surface area contributed by atoms with Gasteiger partial charge in [-0.25, -0.2) is 4.39 Å². The van der Waals surface area contributed by atoms with Crippen LogP contribution < -0.4 is 5.73 Å². The van der Waals surface area contributed by atoms with Crippen molar-refractivity contribution < 1.29 is 4.39 Å². The van der Waals surface area contributed by atoms with Crippen molar-refractivity contribution in [3.63, 3.8) is 0 Å². The van der Waals surface area contributed by atoms with Crippen LogP contribution in [0.4, 0.5) is 4.39 Å². The molecule has 0 unspecified atom stereocenters. The third kappa shape index (κ3) is 3.80. The lowest BCUT2D eigenvalue weighted by atomic mass is 9.81. The van der Waals surface area contributed by atoms with Crippen molar-refractivity contribution in [1.29, 1.82) is 0 Å². The van der Waals surface area contributed by atoms with E-state index in [9.17, 15) is 4.39 Å². The van der Waals surface area contributed by atoms with Gasteiger partial charge in [0.05, 0.1) is 0 Å². The minimum absolute atomic E-state index is 0. The van der Waals surface area contributed by atoms with Crippen LogP contribution in [0, 0.1) is 15.3 Å². The molecule has 2 rings (SSSR count). The van der Waals surface area contributed by atoms with Crippen molar-refractivity contribution in [2.45, 2.75) is 38.1 Å². The fraction of sp³-hybridized carbons (Fsp3) is 0.538. The zero-order valence-corrected chi connectivity index (χ0v) is 12.6. The first kappa shape index (κ1) is 15.2. The van der Waals surface area contributed by atoms with Gasteiger partial charge in [0, 0.05) is 15.2 Å². The molecule has 0 aromatic heterocycles. The van der Waals surface area contributed by atoms with E-state index < -0.39 is 0 Å². The quantitative estimate of drug-likeness (QED) is 0.767. The normalized spacial score (nSPS) is 18.5. The van der Waals surface area contributed by atoms with Crippen LogP contribution in [0.2, 0.25) is 0 Å². The Morgan fingerprint density at radius 1 is 1.24 bits per heavy atom. The minimum atomic E-state index is -0.154. The first-order valence-electron chi connectivity index (χ1n) is 5.89. The highest BCUT2D eigenvalue weighted by Crippen LogP contribution is 2.34. The molecule has 0 radical (unpaired) electrons. The van der Waals surface area contributed by atoms with Crippen LogP contribution in [0.15, 0.2) is 18.2 Å². The lowest BCUT2D eigenvalue weighted by Gasteiger charge is -2.28. The van der Waals surface area contributed by atoms with Crippen LogP contribution in [0.1, 0.15) is 43.7 Å². The molecule has 1 fully saturated rings. The summed E-state index contributed by atoms with van der Waals surface area (Å²) >= 11 is 2.20. The van der Waals surface area contributed by atoms with Gasteiger partial charge in [0.1, 0.15) is 5.82 Å². The van der Waals surface area contributed by atoms with E-state index in [4.69, 9.17) is 5.73 Å². The summed E-state index contributed by atoms with van der Waals surface area (Å²) in [6.45, 7) is 0. The van der Waals surface area contributed by atoms with E-state index in [1.54, 1.807) is 6.07 Å². The van der Waals surface area contributed by atoms with Crippen LogP contribution in [-0.2, 0) is 0 Å². The van der Waals surface area contributed by atoms with Gasteiger partial charge in [-0.1, -0.05) is 19.3 Å². The second kappa shape index (κ2) is 6.90. The molecule has 1 nitrogen and oxygen atoms in total. The molecule has 0 amide bonds. The third-order valence-electron chi connectivity index (χ3n) is 3.47. The summed E-state index contributed by atoms with van der Waals surface area (Å²) in [6.07, 6.45) is 6.07. The zero-order valence-electron chi connectivity index (χ0n) is 9.66. The number of rotatable bonds is 2. The predicted octanol–water partition coefficient (Wildman–Crippen LogP) is 4.43. The lowest BCUT2D eigenvalue weighted by Crippen LogP contribution is -2.24. The average molecular weight is 370 g/mol. The Labute approximate surface area is 122 Å². The van der Waals surface area contributed by atoms with Gasteiger partial charge in [0.2, 0.25) is 0 Å².